The van der Waals surface area contributed by atoms with Crippen LogP contribution in [0, 0.1) is 0 Å². The second-order valence-corrected chi connectivity index (χ2v) is 10.9. The standard InChI is InChI=1S/C23H49NO3S/c1-4-5-6-7-8-9-10-11-12-13-14-15-16-17-18-19-21-27-28(25,26)22-20-23(2,3)24/h4-22,24H2,1-3H3. The van der Waals surface area contributed by atoms with Crippen LogP contribution in [0.4, 0.5) is 0 Å². The Morgan fingerprint density at radius 3 is 1.39 bits per heavy atom. The molecule has 170 valence electrons. The largest absolute Gasteiger partial charge is 0.326 e. The van der Waals surface area contributed by atoms with Gasteiger partial charge in [0, 0.05) is 5.54 Å². The van der Waals surface area contributed by atoms with Crippen molar-refractivity contribution in [3.05, 3.63) is 0 Å². The Hall–Kier alpha value is -0.130. The first-order valence-corrected chi connectivity index (χ1v) is 13.5. The summed E-state index contributed by atoms with van der Waals surface area (Å²) in [4.78, 5) is 0. The van der Waals surface area contributed by atoms with E-state index < -0.39 is 15.7 Å². The van der Waals surface area contributed by atoms with Gasteiger partial charge in [0.25, 0.3) is 10.1 Å². The minimum Gasteiger partial charge on any atom is -0.326 e. The molecule has 0 atom stereocenters. The van der Waals surface area contributed by atoms with Crippen LogP contribution in [0.1, 0.15) is 130 Å². The zero-order chi connectivity index (χ0) is 21.1. The van der Waals surface area contributed by atoms with Gasteiger partial charge in [-0.05, 0) is 26.7 Å². The van der Waals surface area contributed by atoms with Gasteiger partial charge in [-0.15, -0.1) is 0 Å². The molecule has 4 nitrogen and oxygen atoms in total. The summed E-state index contributed by atoms with van der Waals surface area (Å²) in [7, 11) is -3.42. The monoisotopic (exact) mass is 419 g/mol. The van der Waals surface area contributed by atoms with Crippen LogP contribution < -0.4 is 5.73 Å². The molecule has 0 saturated carbocycles. The van der Waals surface area contributed by atoms with E-state index in [1.54, 1.807) is 0 Å². The van der Waals surface area contributed by atoms with Gasteiger partial charge in [-0.2, -0.15) is 8.42 Å². The average Bonchev–Trinajstić information content (AvgIpc) is 2.62. The second-order valence-electron chi connectivity index (χ2n) is 9.13. The van der Waals surface area contributed by atoms with E-state index in [1.807, 2.05) is 13.8 Å². The number of hydrogen-bond donors (Lipinski definition) is 1. The van der Waals surface area contributed by atoms with Gasteiger partial charge in [-0.3, -0.25) is 4.18 Å². The molecule has 0 heterocycles. The third-order valence-electron chi connectivity index (χ3n) is 5.26. The van der Waals surface area contributed by atoms with Gasteiger partial charge in [0.1, 0.15) is 0 Å². The van der Waals surface area contributed by atoms with E-state index in [0.717, 1.165) is 12.8 Å². The van der Waals surface area contributed by atoms with Crippen LogP contribution >= 0.6 is 0 Å². The molecule has 0 aromatic rings. The Kier molecular flexibility index (Phi) is 17.6. The average molecular weight is 420 g/mol. The quantitative estimate of drug-likeness (QED) is 0.165. The zero-order valence-corrected chi connectivity index (χ0v) is 20.0. The van der Waals surface area contributed by atoms with Gasteiger partial charge in [0.15, 0.2) is 0 Å². The molecule has 0 aliphatic heterocycles. The summed E-state index contributed by atoms with van der Waals surface area (Å²) in [5.74, 6) is 0.00928. The molecule has 0 saturated heterocycles. The lowest BCUT2D eigenvalue weighted by Gasteiger charge is -2.17. The van der Waals surface area contributed by atoms with Crippen LogP contribution in [-0.4, -0.2) is 26.3 Å². The van der Waals surface area contributed by atoms with Crippen molar-refractivity contribution in [2.75, 3.05) is 12.4 Å². The van der Waals surface area contributed by atoms with E-state index >= 15 is 0 Å². The molecule has 0 aliphatic rings. The molecule has 0 aromatic heterocycles. The SMILES string of the molecule is CCCCCCCCCCCCCCCCCCOS(=O)(=O)CCC(C)(C)N. The topological polar surface area (TPSA) is 69.4 Å². The third-order valence-corrected chi connectivity index (χ3v) is 6.49. The van der Waals surface area contributed by atoms with Crippen LogP contribution in [0.2, 0.25) is 0 Å². The van der Waals surface area contributed by atoms with E-state index in [-0.39, 0.29) is 5.75 Å². The molecule has 2 N–H and O–H groups in total. The van der Waals surface area contributed by atoms with E-state index in [9.17, 15) is 8.42 Å². The lowest BCUT2D eigenvalue weighted by atomic mass is 10.0. The van der Waals surface area contributed by atoms with Crippen molar-refractivity contribution in [1.29, 1.82) is 0 Å². The van der Waals surface area contributed by atoms with Gasteiger partial charge in [-0.25, -0.2) is 0 Å². The number of unbranched alkanes of at least 4 members (excludes halogenated alkanes) is 15. The van der Waals surface area contributed by atoms with E-state index in [4.69, 9.17) is 9.92 Å². The summed E-state index contributed by atoms with van der Waals surface area (Å²) in [5, 5.41) is 0. The predicted molar refractivity (Wildman–Crippen MR) is 122 cm³/mol. The first-order chi connectivity index (χ1) is 13.3. The number of hydrogen-bond acceptors (Lipinski definition) is 4. The van der Waals surface area contributed by atoms with Gasteiger partial charge in [-0.1, -0.05) is 103 Å². The van der Waals surface area contributed by atoms with Crippen LogP contribution in [0.15, 0.2) is 0 Å². The Morgan fingerprint density at radius 2 is 1.04 bits per heavy atom. The maximum absolute atomic E-state index is 11.8. The van der Waals surface area contributed by atoms with Crippen molar-refractivity contribution in [3.8, 4) is 0 Å². The fraction of sp³-hybridized carbons (Fsp3) is 1.00. The van der Waals surface area contributed by atoms with Crippen LogP contribution in [0.3, 0.4) is 0 Å². The fourth-order valence-corrected chi connectivity index (χ4v) is 4.55. The zero-order valence-electron chi connectivity index (χ0n) is 19.1. The maximum atomic E-state index is 11.8. The number of rotatable bonds is 21. The highest BCUT2D eigenvalue weighted by Crippen LogP contribution is 2.14. The maximum Gasteiger partial charge on any atom is 0.267 e. The highest BCUT2D eigenvalue weighted by molar-refractivity contribution is 7.86. The van der Waals surface area contributed by atoms with E-state index in [0.29, 0.717) is 13.0 Å². The van der Waals surface area contributed by atoms with Crippen LogP contribution in [0.25, 0.3) is 0 Å². The molecule has 28 heavy (non-hydrogen) atoms. The minimum absolute atomic E-state index is 0.00928. The van der Waals surface area contributed by atoms with Crippen molar-refractivity contribution in [1.82, 2.24) is 0 Å². The lowest BCUT2D eigenvalue weighted by Crippen LogP contribution is -2.34. The highest BCUT2D eigenvalue weighted by Gasteiger charge is 2.18. The molecule has 0 bridgehead atoms. The fourth-order valence-electron chi connectivity index (χ4n) is 3.28. The molecule has 0 radical (unpaired) electrons. The summed E-state index contributed by atoms with van der Waals surface area (Å²) < 4.78 is 28.6. The molecule has 0 unspecified atom stereocenters. The van der Waals surface area contributed by atoms with Gasteiger partial charge in [0.05, 0.1) is 12.4 Å². The molecular formula is C23H49NO3S. The molecule has 0 amide bonds. The molecule has 0 rings (SSSR count). The molecule has 5 heteroatoms. The smallest absolute Gasteiger partial charge is 0.267 e. The Bertz CT molecular complexity index is 430. The summed E-state index contributed by atoms with van der Waals surface area (Å²) >= 11 is 0. The van der Waals surface area contributed by atoms with Crippen molar-refractivity contribution < 1.29 is 12.6 Å². The molecule has 0 fully saturated rings. The molecular weight excluding hydrogens is 370 g/mol. The Morgan fingerprint density at radius 1 is 0.679 bits per heavy atom. The van der Waals surface area contributed by atoms with Crippen LogP contribution in [-0.2, 0) is 14.3 Å². The minimum atomic E-state index is -3.42. The van der Waals surface area contributed by atoms with Gasteiger partial charge in [0.2, 0.25) is 0 Å². The molecule has 0 spiro atoms. The summed E-state index contributed by atoms with van der Waals surface area (Å²) in [6.45, 7) is 6.25. The molecule has 0 aromatic carbocycles. The Labute approximate surface area is 176 Å². The first-order valence-electron chi connectivity index (χ1n) is 11.9. The summed E-state index contributed by atoms with van der Waals surface area (Å²) in [6, 6.07) is 0. The summed E-state index contributed by atoms with van der Waals surface area (Å²) in [5.41, 5.74) is 5.35. The van der Waals surface area contributed by atoms with Crippen molar-refractivity contribution in [2.45, 2.75) is 135 Å². The second kappa shape index (κ2) is 17.7. The number of nitrogens with two attached hydrogens (primary N) is 1. The highest BCUT2D eigenvalue weighted by atomic mass is 32.2. The predicted octanol–water partition coefficient (Wildman–Crippen LogP) is 6.72. The normalized spacial score (nSPS) is 12.6. The lowest BCUT2D eigenvalue weighted by molar-refractivity contribution is 0.303. The van der Waals surface area contributed by atoms with Crippen LogP contribution in [0.5, 0.6) is 0 Å². The molecule has 0 aliphatic carbocycles. The first kappa shape index (κ1) is 27.9. The van der Waals surface area contributed by atoms with Crippen molar-refractivity contribution in [2.24, 2.45) is 5.73 Å². The van der Waals surface area contributed by atoms with Crippen molar-refractivity contribution >= 4 is 10.1 Å². The van der Waals surface area contributed by atoms with Gasteiger partial charge >= 0.3 is 0 Å². The van der Waals surface area contributed by atoms with E-state index in [2.05, 4.69) is 6.92 Å². The summed E-state index contributed by atoms with van der Waals surface area (Å²) in [6.07, 6.45) is 21.4. The van der Waals surface area contributed by atoms with E-state index in [1.165, 1.54) is 89.9 Å². The van der Waals surface area contributed by atoms with Crippen molar-refractivity contribution in [3.63, 3.8) is 0 Å². The third kappa shape index (κ3) is 22.2. The Balaban J connectivity index is 3.27. The van der Waals surface area contributed by atoms with Gasteiger partial charge < -0.3 is 5.73 Å².